The van der Waals surface area contributed by atoms with Crippen LogP contribution in [0.2, 0.25) is 0 Å². The summed E-state index contributed by atoms with van der Waals surface area (Å²) < 4.78 is 0. The summed E-state index contributed by atoms with van der Waals surface area (Å²) in [5.74, 6) is 0.0261. The largest absolute Gasteiger partial charge is 0.342 e. The van der Waals surface area contributed by atoms with Crippen LogP contribution in [-0.4, -0.2) is 35.9 Å². The smallest absolute Gasteiger partial charge is 0.253 e. The summed E-state index contributed by atoms with van der Waals surface area (Å²) in [5, 5.41) is 0. The van der Waals surface area contributed by atoms with Crippen molar-refractivity contribution >= 4 is 5.91 Å². The first kappa shape index (κ1) is 11.7. The Balaban J connectivity index is 2.85. The van der Waals surface area contributed by atoms with Gasteiger partial charge in [0, 0.05) is 37.5 Å². The van der Waals surface area contributed by atoms with Gasteiger partial charge >= 0.3 is 0 Å². The minimum atomic E-state index is 0.0261. The first-order chi connectivity index (χ1) is 7.19. The van der Waals surface area contributed by atoms with Crippen molar-refractivity contribution < 1.29 is 4.79 Å². The van der Waals surface area contributed by atoms with Gasteiger partial charge < -0.3 is 10.6 Å². The van der Waals surface area contributed by atoms with Crippen LogP contribution in [0.4, 0.5) is 0 Å². The lowest BCUT2D eigenvalue weighted by Gasteiger charge is -2.14. The van der Waals surface area contributed by atoms with Gasteiger partial charge in [0.15, 0.2) is 0 Å². The fourth-order valence-electron chi connectivity index (χ4n) is 1.26. The number of nitrogens with two attached hydrogens (primary N) is 1. The molecule has 2 N–H and O–H groups in total. The maximum atomic E-state index is 11.8. The average molecular weight is 207 g/mol. The lowest BCUT2D eigenvalue weighted by molar-refractivity contribution is 0.0802. The third-order valence-electron chi connectivity index (χ3n) is 2.29. The summed E-state index contributed by atoms with van der Waals surface area (Å²) in [6.07, 6.45) is 2.36. The van der Waals surface area contributed by atoms with Gasteiger partial charge in [0.1, 0.15) is 0 Å². The summed E-state index contributed by atoms with van der Waals surface area (Å²) in [7, 11) is 1.78. The van der Waals surface area contributed by atoms with E-state index in [4.69, 9.17) is 5.73 Å². The molecular formula is C11H17N3O. The van der Waals surface area contributed by atoms with Crippen molar-refractivity contribution in [2.24, 2.45) is 5.73 Å². The predicted octanol–water partition coefficient (Wildman–Crippen LogP) is 0.675. The first-order valence-corrected chi connectivity index (χ1v) is 5.09. The zero-order valence-electron chi connectivity index (χ0n) is 9.23. The Kier molecular flexibility index (Phi) is 4.24. The molecule has 0 saturated carbocycles. The van der Waals surface area contributed by atoms with E-state index in [9.17, 15) is 4.79 Å². The van der Waals surface area contributed by atoms with Gasteiger partial charge in [-0.15, -0.1) is 0 Å². The molecule has 0 bridgehead atoms. The molecule has 1 aromatic heterocycles. The molecule has 82 valence electrons. The second kappa shape index (κ2) is 5.46. The molecule has 15 heavy (non-hydrogen) atoms. The Morgan fingerprint density at radius 2 is 2.33 bits per heavy atom. The Morgan fingerprint density at radius 3 is 2.93 bits per heavy atom. The van der Waals surface area contributed by atoms with Crippen molar-refractivity contribution in [2.75, 3.05) is 20.1 Å². The molecule has 4 heteroatoms. The van der Waals surface area contributed by atoms with Gasteiger partial charge in [0.05, 0.1) is 0 Å². The number of hydrogen-bond donors (Lipinski definition) is 1. The molecule has 0 aromatic carbocycles. The zero-order valence-corrected chi connectivity index (χ0v) is 9.23. The summed E-state index contributed by atoms with van der Waals surface area (Å²) in [5.41, 5.74) is 6.98. The molecule has 0 aliphatic heterocycles. The Bertz CT molecular complexity index is 338. The van der Waals surface area contributed by atoms with Gasteiger partial charge in [-0.1, -0.05) is 0 Å². The summed E-state index contributed by atoms with van der Waals surface area (Å²) >= 11 is 0. The molecule has 1 aromatic rings. The van der Waals surface area contributed by atoms with Gasteiger partial charge in [-0.2, -0.15) is 0 Å². The standard InChI is InChI=1S/C11H17N3O/c1-3-14(2)11(15)9-5-7-13-10(8-9)4-6-12/h5,7-8H,3-4,6,12H2,1-2H3. The third kappa shape index (κ3) is 3.02. The maximum Gasteiger partial charge on any atom is 0.253 e. The van der Waals surface area contributed by atoms with Crippen molar-refractivity contribution in [2.45, 2.75) is 13.3 Å². The number of pyridine rings is 1. The highest BCUT2D eigenvalue weighted by molar-refractivity contribution is 5.94. The summed E-state index contributed by atoms with van der Waals surface area (Å²) in [4.78, 5) is 17.6. The minimum absolute atomic E-state index is 0.0261. The molecule has 0 atom stereocenters. The molecule has 0 saturated heterocycles. The topological polar surface area (TPSA) is 59.2 Å². The lowest BCUT2D eigenvalue weighted by Crippen LogP contribution is -2.26. The van der Waals surface area contributed by atoms with E-state index in [1.807, 2.05) is 6.92 Å². The number of rotatable bonds is 4. The van der Waals surface area contributed by atoms with Crippen LogP contribution in [0.25, 0.3) is 0 Å². The molecule has 1 amide bonds. The Labute approximate surface area is 90.1 Å². The van der Waals surface area contributed by atoms with Crippen LogP contribution in [0.3, 0.4) is 0 Å². The van der Waals surface area contributed by atoms with Crippen molar-refractivity contribution in [1.82, 2.24) is 9.88 Å². The van der Waals surface area contributed by atoms with Crippen LogP contribution in [0, 0.1) is 0 Å². The quantitative estimate of drug-likeness (QED) is 0.789. The normalized spacial score (nSPS) is 10.1. The molecule has 4 nitrogen and oxygen atoms in total. The van der Waals surface area contributed by atoms with Crippen LogP contribution in [0.5, 0.6) is 0 Å². The molecule has 1 heterocycles. The molecule has 0 fully saturated rings. The fourth-order valence-corrected chi connectivity index (χ4v) is 1.26. The van der Waals surface area contributed by atoms with Gasteiger partial charge in [0.2, 0.25) is 0 Å². The van der Waals surface area contributed by atoms with E-state index in [1.54, 1.807) is 30.3 Å². The molecule has 0 spiro atoms. The third-order valence-corrected chi connectivity index (χ3v) is 2.29. The van der Waals surface area contributed by atoms with E-state index < -0.39 is 0 Å². The number of carbonyl (C=O) groups excluding carboxylic acids is 1. The van der Waals surface area contributed by atoms with Crippen molar-refractivity contribution in [3.63, 3.8) is 0 Å². The van der Waals surface area contributed by atoms with Gasteiger partial charge in [0.25, 0.3) is 5.91 Å². The molecule has 0 aliphatic carbocycles. The Hall–Kier alpha value is -1.42. The number of carbonyl (C=O) groups is 1. The monoisotopic (exact) mass is 207 g/mol. The van der Waals surface area contributed by atoms with E-state index in [0.717, 1.165) is 5.69 Å². The van der Waals surface area contributed by atoms with Crippen LogP contribution in [0.1, 0.15) is 23.0 Å². The molecule has 1 rings (SSSR count). The number of aromatic nitrogens is 1. The van der Waals surface area contributed by atoms with Crippen molar-refractivity contribution in [1.29, 1.82) is 0 Å². The van der Waals surface area contributed by atoms with E-state index in [0.29, 0.717) is 25.1 Å². The highest BCUT2D eigenvalue weighted by Crippen LogP contribution is 2.05. The summed E-state index contributed by atoms with van der Waals surface area (Å²) in [6.45, 7) is 3.20. The van der Waals surface area contributed by atoms with Crippen LogP contribution < -0.4 is 5.73 Å². The van der Waals surface area contributed by atoms with Gasteiger partial charge in [-0.3, -0.25) is 9.78 Å². The second-order valence-electron chi connectivity index (χ2n) is 3.39. The van der Waals surface area contributed by atoms with Gasteiger partial charge in [-0.25, -0.2) is 0 Å². The van der Waals surface area contributed by atoms with E-state index in [1.165, 1.54) is 0 Å². The highest BCUT2D eigenvalue weighted by Gasteiger charge is 2.10. The van der Waals surface area contributed by atoms with Crippen molar-refractivity contribution in [3.05, 3.63) is 29.6 Å². The molecule has 0 aliphatic rings. The van der Waals surface area contributed by atoms with Crippen LogP contribution in [0.15, 0.2) is 18.3 Å². The van der Waals surface area contributed by atoms with Gasteiger partial charge in [-0.05, 0) is 25.6 Å². The SMILES string of the molecule is CCN(C)C(=O)c1ccnc(CCN)c1. The Morgan fingerprint density at radius 1 is 1.60 bits per heavy atom. The maximum absolute atomic E-state index is 11.8. The van der Waals surface area contributed by atoms with E-state index >= 15 is 0 Å². The first-order valence-electron chi connectivity index (χ1n) is 5.09. The lowest BCUT2D eigenvalue weighted by atomic mass is 10.2. The predicted molar refractivity (Wildman–Crippen MR) is 59.6 cm³/mol. The minimum Gasteiger partial charge on any atom is -0.342 e. The van der Waals surface area contributed by atoms with E-state index in [-0.39, 0.29) is 5.91 Å². The average Bonchev–Trinajstić information content (AvgIpc) is 2.28. The van der Waals surface area contributed by atoms with Crippen LogP contribution >= 0.6 is 0 Å². The van der Waals surface area contributed by atoms with Crippen molar-refractivity contribution in [3.8, 4) is 0 Å². The number of amides is 1. The molecule has 0 radical (unpaired) electrons. The zero-order chi connectivity index (χ0) is 11.3. The number of nitrogens with zero attached hydrogens (tertiary/aromatic N) is 2. The molecule has 0 unspecified atom stereocenters. The summed E-state index contributed by atoms with van der Waals surface area (Å²) in [6, 6.07) is 3.54. The molecular weight excluding hydrogens is 190 g/mol. The highest BCUT2D eigenvalue weighted by atomic mass is 16.2. The number of hydrogen-bond acceptors (Lipinski definition) is 3. The van der Waals surface area contributed by atoms with Crippen LogP contribution in [-0.2, 0) is 6.42 Å². The fraction of sp³-hybridized carbons (Fsp3) is 0.455. The van der Waals surface area contributed by atoms with E-state index in [2.05, 4.69) is 4.98 Å². The second-order valence-corrected chi connectivity index (χ2v) is 3.39.